The van der Waals surface area contributed by atoms with Gasteiger partial charge in [0.25, 0.3) is 0 Å². The first-order valence-corrected chi connectivity index (χ1v) is 5.34. The van der Waals surface area contributed by atoms with Gasteiger partial charge in [-0.1, -0.05) is 12.1 Å². The van der Waals surface area contributed by atoms with E-state index in [0.29, 0.717) is 11.8 Å². The minimum atomic E-state index is -4.52. The van der Waals surface area contributed by atoms with Crippen molar-refractivity contribution in [2.45, 2.75) is 12.8 Å². The topological polar surface area (TPSA) is 33.1 Å². The summed E-state index contributed by atoms with van der Waals surface area (Å²) in [6.07, 6.45) is -3.85. The molecule has 2 rings (SSSR count). The van der Waals surface area contributed by atoms with Gasteiger partial charge in [0.05, 0.1) is 17.9 Å². The van der Waals surface area contributed by atoms with Crippen molar-refractivity contribution in [2.75, 3.05) is 0 Å². The van der Waals surface area contributed by atoms with Crippen LogP contribution in [0.3, 0.4) is 0 Å². The number of nitrogens with zero attached hydrogens (tertiary/aromatic N) is 1. The second-order valence-corrected chi connectivity index (χ2v) is 3.88. The smallest absolute Gasteiger partial charge is 0.390 e. The van der Waals surface area contributed by atoms with Gasteiger partial charge in [-0.05, 0) is 23.8 Å². The lowest BCUT2D eigenvalue weighted by molar-refractivity contribution is -0.137. The summed E-state index contributed by atoms with van der Waals surface area (Å²) in [4.78, 5) is 3.60. The fourth-order valence-corrected chi connectivity index (χ4v) is 1.65. The van der Waals surface area contributed by atoms with Gasteiger partial charge in [0.1, 0.15) is 5.82 Å². The number of halogens is 4. The van der Waals surface area contributed by atoms with Crippen molar-refractivity contribution in [2.24, 2.45) is 0 Å². The van der Waals surface area contributed by atoms with Gasteiger partial charge in [-0.3, -0.25) is 4.98 Å². The van der Waals surface area contributed by atoms with Crippen molar-refractivity contribution in [1.82, 2.24) is 4.98 Å². The highest BCUT2D eigenvalue weighted by Gasteiger charge is 2.31. The van der Waals surface area contributed by atoms with Gasteiger partial charge in [0.2, 0.25) is 0 Å². The van der Waals surface area contributed by atoms with Gasteiger partial charge in [-0.15, -0.1) is 0 Å². The van der Waals surface area contributed by atoms with Crippen LogP contribution in [0.1, 0.15) is 11.3 Å². The number of pyridine rings is 1. The van der Waals surface area contributed by atoms with Crippen LogP contribution < -0.4 is 0 Å². The van der Waals surface area contributed by atoms with Crippen molar-refractivity contribution >= 4 is 0 Å². The predicted molar refractivity (Wildman–Crippen MR) is 60.6 cm³/mol. The number of alkyl halides is 3. The third kappa shape index (κ3) is 2.90. The third-order valence-electron chi connectivity index (χ3n) is 2.60. The first-order chi connectivity index (χ1) is 8.91. The normalized spacial score (nSPS) is 11.6. The van der Waals surface area contributed by atoms with Gasteiger partial charge in [-0.2, -0.15) is 13.2 Å². The lowest BCUT2D eigenvalue weighted by Crippen LogP contribution is -2.07. The molecule has 0 atom stereocenters. The second-order valence-electron chi connectivity index (χ2n) is 3.88. The van der Waals surface area contributed by atoms with E-state index < -0.39 is 24.2 Å². The van der Waals surface area contributed by atoms with Crippen molar-refractivity contribution in [1.29, 1.82) is 0 Å². The molecule has 0 amide bonds. The zero-order valence-corrected chi connectivity index (χ0v) is 9.58. The maximum atomic E-state index is 12.8. The molecule has 0 fully saturated rings. The summed E-state index contributed by atoms with van der Waals surface area (Å²) in [5.41, 5.74) is -0.301. The predicted octanol–water partition coefficient (Wildman–Crippen LogP) is 3.40. The fraction of sp³-hybridized carbons (Fsp3) is 0.154. The van der Waals surface area contributed by atoms with E-state index in [2.05, 4.69) is 4.98 Å². The molecule has 1 aromatic carbocycles. The van der Waals surface area contributed by atoms with E-state index in [4.69, 9.17) is 5.11 Å². The quantitative estimate of drug-likeness (QED) is 0.849. The van der Waals surface area contributed by atoms with E-state index in [9.17, 15) is 17.6 Å². The highest BCUT2D eigenvalue weighted by molar-refractivity contribution is 5.66. The highest BCUT2D eigenvalue weighted by atomic mass is 19.4. The molecule has 0 saturated carbocycles. The summed E-state index contributed by atoms with van der Waals surface area (Å²) in [5.74, 6) is -0.491. The molecule has 0 radical (unpaired) electrons. The molecule has 2 aromatic rings. The molecule has 0 unspecified atom stereocenters. The Balaban J connectivity index is 2.56. The maximum absolute atomic E-state index is 12.8. The zero-order chi connectivity index (χ0) is 14.0. The Morgan fingerprint density at radius 1 is 1.11 bits per heavy atom. The monoisotopic (exact) mass is 271 g/mol. The minimum absolute atomic E-state index is 0.111. The molecule has 0 aliphatic carbocycles. The Labute approximate surface area is 106 Å². The largest absolute Gasteiger partial charge is 0.417 e. The highest BCUT2D eigenvalue weighted by Crippen LogP contribution is 2.33. The van der Waals surface area contributed by atoms with Crippen LogP contribution in [0.4, 0.5) is 17.6 Å². The van der Waals surface area contributed by atoms with E-state index in [1.165, 1.54) is 12.1 Å². The number of aromatic nitrogens is 1. The lowest BCUT2D eigenvalue weighted by Gasteiger charge is -2.11. The summed E-state index contributed by atoms with van der Waals surface area (Å²) in [6.45, 7) is -0.495. The fourth-order valence-electron chi connectivity index (χ4n) is 1.65. The Bertz CT molecular complexity index is 578. The molecule has 100 valence electrons. The molecule has 0 saturated heterocycles. The minimum Gasteiger partial charge on any atom is -0.390 e. The maximum Gasteiger partial charge on any atom is 0.417 e. The number of aliphatic hydroxyl groups excluding tert-OH is 1. The average Bonchev–Trinajstić information content (AvgIpc) is 2.38. The molecule has 6 heteroatoms. The molecule has 1 heterocycles. The number of rotatable bonds is 2. The van der Waals surface area contributed by atoms with E-state index in [-0.39, 0.29) is 11.3 Å². The number of hydrogen-bond donors (Lipinski definition) is 1. The van der Waals surface area contributed by atoms with Crippen LogP contribution in [-0.4, -0.2) is 10.1 Å². The van der Waals surface area contributed by atoms with Gasteiger partial charge < -0.3 is 5.11 Å². The van der Waals surface area contributed by atoms with Crippen LogP contribution in [0.25, 0.3) is 11.1 Å². The molecule has 19 heavy (non-hydrogen) atoms. The number of benzene rings is 1. The van der Waals surface area contributed by atoms with Crippen LogP contribution >= 0.6 is 0 Å². The Kier molecular flexibility index (Phi) is 3.53. The molecule has 0 spiro atoms. The average molecular weight is 271 g/mol. The molecule has 1 aromatic heterocycles. The van der Waals surface area contributed by atoms with Crippen LogP contribution in [0, 0.1) is 5.82 Å². The van der Waals surface area contributed by atoms with Crippen molar-refractivity contribution in [3.05, 3.63) is 53.6 Å². The van der Waals surface area contributed by atoms with E-state index in [1.54, 1.807) is 0 Å². The summed E-state index contributed by atoms with van der Waals surface area (Å²) >= 11 is 0. The first kappa shape index (κ1) is 13.5. The molecule has 1 N–H and O–H groups in total. The van der Waals surface area contributed by atoms with Gasteiger partial charge in [0.15, 0.2) is 0 Å². The van der Waals surface area contributed by atoms with Crippen molar-refractivity contribution in [3.63, 3.8) is 0 Å². The van der Waals surface area contributed by atoms with E-state index in [0.717, 1.165) is 18.2 Å². The SMILES string of the molecule is OCc1ncc(C(F)(F)F)cc1-c1ccc(F)cc1. The van der Waals surface area contributed by atoms with Crippen LogP contribution in [-0.2, 0) is 12.8 Å². The standard InChI is InChI=1S/C13H9F4NO/c14-10-3-1-8(2-4-10)11-5-9(13(15,16)17)6-18-12(11)7-19/h1-6,19H,7H2. The van der Waals surface area contributed by atoms with Gasteiger partial charge in [0, 0.05) is 11.8 Å². The summed E-state index contributed by atoms with van der Waals surface area (Å²) in [5, 5.41) is 9.11. The van der Waals surface area contributed by atoms with E-state index in [1.807, 2.05) is 0 Å². The zero-order valence-electron chi connectivity index (χ0n) is 9.58. The molecule has 0 aliphatic heterocycles. The Hall–Kier alpha value is -1.95. The van der Waals surface area contributed by atoms with Crippen LogP contribution in [0.15, 0.2) is 36.5 Å². The Morgan fingerprint density at radius 3 is 2.26 bits per heavy atom. The number of aliphatic hydroxyl groups is 1. The first-order valence-electron chi connectivity index (χ1n) is 5.34. The lowest BCUT2D eigenvalue weighted by atomic mass is 10.0. The molecule has 0 aliphatic rings. The van der Waals surface area contributed by atoms with Gasteiger partial charge in [-0.25, -0.2) is 4.39 Å². The van der Waals surface area contributed by atoms with Crippen molar-refractivity contribution < 1.29 is 22.7 Å². The molecular formula is C13H9F4NO. The summed E-state index contributed by atoms with van der Waals surface area (Å²) < 4.78 is 50.7. The molecule has 2 nitrogen and oxygen atoms in total. The number of hydrogen-bond acceptors (Lipinski definition) is 2. The molecule has 0 bridgehead atoms. The molecular weight excluding hydrogens is 262 g/mol. The summed E-state index contributed by atoms with van der Waals surface area (Å²) in [7, 11) is 0. The van der Waals surface area contributed by atoms with Crippen LogP contribution in [0.5, 0.6) is 0 Å². The van der Waals surface area contributed by atoms with Gasteiger partial charge >= 0.3 is 6.18 Å². The third-order valence-corrected chi connectivity index (χ3v) is 2.60. The summed E-state index contributed by atoms with van der Waals surface area (Å²) in [6, 6.07) is 5.84. The van der Waals surface area contributed by atoms with Crippen molar-refractivity contribution in [3.8, 4) is 11.1 Å². The van der Waals surface area contributed by atoms with E-state index >= 15 is 0 Å². The van der Waals surface area contributed by atoms with Crippen LogP contribution in [0.2, 0.25) is 0 Å². The second kappa shape index (κ2) is 4.97. The Morgan fingerprint density at radius 2 is 1.74 bits per heavy atom.